The summed E-state index contributed by atoms with van der Waals surface area (Å²) in [6.45, 7) is 13.7. The van der Waals surface area contributed by atoms with Gasteiger partial charge in [-0.15, -0.1) is 0 Å². The molecule has 0 saturated carbocycles. The Morgan fingerprint density at radius 2 is 1.50 bits per heavy atom. The minimum atomic E-state index is -1.93. The van der Waals surface area contributed by atoms with E-state index in [0.29, 0.717) is 18.6 Å². The highest BCUT2D eigenvalue weighted by atomic mass is 28.4. The highest BCUT2D eigenvalue weighted by Crippen LogP contribution is 2.37. The Kier molecular flexibility index (Phi) is 7.43. The molecule has 0 aliphatic carbocycles. The van der Waals surface area contributed by atoms with Gasteiger partial charge in [0.1, 0.15) is 5.58 Å². The average molecular weight is 498 g/mol. The van der Waals surface area contributed by atoms with Gasteiger partial charge in [0.15, 0.2) is 8.32 Å². The maximum absolute atomic E-state index is 12.4. The molecule has 0 amide bonds. The SMILES string of the molecule is Cc1cc(=O)oc2c(CCO[Si](C)(C)C(C)(C)C)c(N=C(c3ccccc3)c3ccccc3)ccc12. The van der Waals surface area contributed by atoms with Crippen molar-refractivity contribution in [2.45, 2.75) is 52.2 Å². The first-order valence-electron chi connectivity index (χ1n) is 12.5. The van der Waals surface area contributed by atoms with E-state index in [-0.39, 0.29) is 10.7 Å². The zero-order valence-electron chi connectivity index (χ0n) is 22.1. The van der Waals surface area contributed by atoms with Gasteiger partial charge in [0, 0.05) is 41.2 Å². The molecule has 3 aromatic carbocycles. The van der Waals surface area contributed by atoms with Crippen LogP contribution in [0.4, 0.5) is 5.69 Å². The van der Waals surface area contributed by atoms with Gasteiger partial charge in [0.25, 0.3) is 0 Å². The number of aliphatic imine (C=N–C) groups is 1. The summed E-state index contributed by atoms with van der Waals surface area (Å²) in [6.07, 6.45) is 0.603. The van der Waals surface area contributed by atoms with Crippen molar-refractivity contribution in [2.24, 2.45) is 4.99 Å². The molecule has 0 saturated heterocycles. The Hall–Kier alpha value is -3.28. The van der Waals surface area contributed by atoms with Crippen molar-refractivity contribution in [1.82, 2.24) is 0 Å². The minimum absolute atomic E-state index is 0.115. The van der Waals surface area contributed by atoms with Gasteiger partial charge in [0.2, 0.25) is 0 Å². The Bertz CT molecular complexity index is 1390. The standard InChI is InChI=1S/C31H35NO3Si/c1-22-21-28(33)35-30-25(22)17-18-27(26(30)19-20-34-36(5,6)31(2,3)4)32-29(23-13-9-7-10-14-23)24-15-11-8-12-16-24/h7-18,21H,19-20H2,1-6H3. The van der Waals surface area contributed by atoms with Crippen molar-refractivity contribution in [3.63, 3.8) is 0 Å². The molecule has 1 aromatic heterocycles. The van der Waals surface area contributed by atoms with Gasteiger partial charge in [-0.05, 0) is 42.8 Å². The van der Waals surface area contributed by atoms with E-state index in [2.05, 4.69) is 58.1 Å². The Labute approximate surface area is 214 Å². The van der Waals surface area contributed by atoms with Crippen molar-refractivity contribution in [3.8, 4) is 0 Å². The predicted octanol–water partition coefficient (Wildman–Crippen LogP) is 7.83. The molecule has 0 unspecified atom stereocenters. The van der Waals surface area contributed by atoms with Crippen LogP contribution >= 0.6 is 0 Å². The summed E-state index contributed by atoms with van der Waals surface area (Å²) in [5.41, 5.74) is 5.76. The first-order chi connectivity index (χ1) is 17.1. The lowest BCUT2D eigenvalue weighted by atomic mass is 10.0. The lowest BCUT2D eigenvalue weighted by Crippen LogP contribution is -2.41. The Morgan fingerprint density at radius 1 is 0.917 bits per heavy atom. The van der Waals surface area contributed by atoms with Gasteiger partial charge in [-0.3, -0.25) is 0 Å². The van der Waals surface area contributed by atoms with Crippen LogP contribution in [0.15, 0.2) is 93.1 Å². The molecule has 4 nitrogen and oxygen atoms in total. The monoisotopic (exact) mass is 497 g/mol. The number of fused-ring (bicyclic) bond motifs is 1. The van der Waals surface area contributed by atoms with Gasteiger partial charge in [-0.1, -0.05) is 81.4 Å². The van der Waals surface area contributed by atoms with E-state index in [0.717, 1.165) is 39.0 Å². The molecule has 5 heteroatoms. The first-order valence-corrected chi connectivity index (χ1v) is 15.4. The molecular weight excluding hydrogens is 462 g/mol. The second-order valence-corrected chi connectivity index (χ2v) is 15.5. The molecule has 0 aliphatic rings. The first kappa shape index (κ1) is 25.8. The summed E-state index contributed by atoms with van der Waals surface area (Å²) in [7, 11) is -1.93. The van der Waals surface area contributed by atoms with E-state index in [4.69, 9.17) is 13.8 Å². The molecule has 4 aromatic rings. The molecule has 4 rings (SSSR count). The minimum Gasteiger partial charge on any atom is -0.422 e. The highest BCUT2D eigenvalue weighted by Gasteiger charge is 2.37. The number of hydrogen-bond donors (Lipinski definition) is 0. The molecule has 186 valence electrons. The quantitative estimate of drug-likeness (QED) is 0.148. The van der Waals surface area contributed by atoms with Gasteiger partial charge in [0.05, 0.1) is 11.4 Å². The van der Waals surface area contributed by atoms with Crippen LogP contribution in [0.2, 0.25) is 18.1 Å². The highest BCUT2D eigenvalue weighted by molar-refractivity contribution is 6.74. The molecule has 0 bridgehead atoms. The lowest BCUT2D eigenvalue weighted by molar-refractivity contribution is 0.292. The molecule has 0 atom stereocenters. The van der Waals surface area contributed by atoms with Gasteiger partial charge in [-0.25, -0.2) is 9.79 Å². The molecule has 0 radical (unpaired) electrons. The number of benzene rings is 3. The second-order valence-electron chi connectivity index (χ2n) is 10.7. The van der Waals surface area contributed by atoms with Crippen molar-refractivity contribution < 1.29 is 8.84 Å². The van der Waals surface area contributed by atoms with Crippen LogP contribution in [0.25, 0.3) is 11.0 Å². The number of nitrogens with zero attached hydrogens (tertiary/aromatic N) is 1. The number of rotatable bonds is 7. The molecule has 0 N–H and O–H groups in total. The summed E-state index contributed by atoms with van der Waals surface area (Å²) in [6, 6.07) is 25.9. The molecule has 0 aliphatic heterocycles. The fraction of sp³-hybridized carbons (Fsp3) is 0.290. The van der Waals surface area contributed by atoms with E-state index in [1.165, 1.54) is 0 Å². The van der Waals surface area contributed by atoms with Crippen LogP contribution in [0.3, 0.4) is 0 Å². The fourth-order valence-electron chi connectivity index (χ4n) is 4.01. The number of hydrogen-bond acceptors (Lipinski definition) is 4. The van der Waals surface area contributed by atoms with Crippen LogP contribution in [-0.2, 0) is 10.8 Å². The molecule has 0 fully saturated rings. The zero-order valence-corrected chi connectivity index (χ0v) is 23.1. The summed E-state index contributed by atoms with van der Waals surface area (Å²) in [5.74, 6) is 0. The zero-order chi connectivity index (χ0) is 25.9. The lowest BCUT2D eigenvalue weighted by Gasteiger charge is -2.36. The summed E-state index contributed by atoms with van der Waals surface area (Å²) >= 11 is 0. The van der Waals surface area contributed by atoms with Crippen molar-refractivity contribution in [2.75, 3.05) is 6.61 Å². The third kappa shape index (κ3) is 5.58. The Balaban J connectivity index is 1.87. The Morgan fingerprint density at radius 3 is 2.06 bits per heavy atom. The van der Waals surface area contributed by atoms with Gasteiger partial charge in [-0.2, -0.15) is 0 Å². The molecular formula is C31H35NO3Si. The maximum Gasteiger partial charge on any atom is 0.336 e. The van der Waals surface area contributed by atoms with E-state index in [1.807, 2.05) is 55.5 Å². The van der Waals surface area contributed by atoms with Gasteiger partial charge < -0.3 is 8.84 Å². The second kappa shape index (κ2) is 10.4. The summed E-state index contributed by atoms with van der Waals surface area (Å²) < 4.78 is 12.3. The van der Waals surface area contributed by atoms with Crippen molar-refractivity contribution >= 4 is 30.7 Å². The van der Waals surface area contributed by atoms with Crippen molar-refractivity contribution in [1.29, 1.82) is 0 Å². The molecule has 0 spiro atoms. The van der Waals surface area contributed by atoms with E-state index >= 15 is 0 Å². The van der Waals surface area contributed by atoms with Crippen molar-refractivity contribution in [3.05, 3.63) is 112 Å². The summed E-state index contributed by atoms with van der Waals surface area (Å²) in [4.78, 5) is 17.6. The molecule has 1 heterocycles. The van der Waals surface area contributed by atoms with Gasteiger partial charge >= 0.3 is 5.63 Å². The van der Waals surface area contributed by atoms with E-state index in [9.17, 15) is 4.79 Å². The predicted molar refractivity (Wildman–Crippen MR) is 152 cm³/mol. The smallest absolute Gasteiger partial charge is 0.336 e. The molecule has 36 heavy (non-hydrogen) atoms. The number of aryl methyl sites for hydroxylation is 1. The average Bonchev–Trinajstić information content (AvgIpc) is 2.83. The van der Waals surface area contributed by atoms with E-state index < -0.39 is 8.32 Å². The third-order valence-corrected chi connectivity index (χ3v) is 11.7. The van der Waals surface area contributed by atoms with E-state index in [1.54, 1.807) is 6.07 Å². The van der Waals surface area contributed by atoms with Crippen LogP contribution in [0.1, 0.15) is 43.0 Å². The fourth-order valence-corrected chi connectivity index (χ4v) is 5.05. The maximum atomic E-state index is 12.4. The summed E-state index contributed by atoms with van der Waals surface area (Å²) in [5, 5.41) is 1.04. The normalized spacial score (nSPS) is 12.1. The third-order valence-electron chi connectivity index (χ3n) is 7.15. The van der Waals surface area contributed by atoms with Crippen LogP contribution in [-0.4, -0.2) is 20.6 Å². The van der Waals surface area contributed by atoms with Crippen LogP contribution in [0.5, 0.6) is 0 Å². The van der Waals surface area contributed by atoms with Crippen LogP contribution in [0, 0.1) is 6.92 Å². The topological polar surface area (TPSA) is 51.8 Å². The largest absolute Gasteiger partial charge is 0.422 e. The van der Waals surface area contributed by atoms with Crippen LogP contribution < -0.4 is 5.63 Å².